The summed E-state index contributed by atoms with van der Waals surface area (Å²) in [5.74, 6) is 1.27. The Kier molecular flexibility index (Phi) is 4.24. The van der Waals surface area contributed by atoms with Gasteiger partial charge in [-0.2, -0.15) is 0 Å². The van der Waals surface area contributed by atoms with Crippen molar-refractivity contribution in [1.82, 2.24) is 9.97 Å². The van der Waals surface area contributed by atoms with Crippen molar-refractivity contribution < 1.29 is 4.74 Å². The average Bonchev–Trinajstić information content (AvgIpc) is 2.41. The molecule has 100 valence electrons. The highest BCUT2D eigenvalue weighted by molar-refractivity contribution is 14.1. The molecule has 0 fully saturated rings. The van der Waals surface area contributed by atoms with Crippen LogP contribution in [-0.4, -0.2) is 17.1 Å². The Balaban J connectivity index is 2.65. The van der Waals surface area contributed by atoms with Gasteiger partial charge < -0.3 is 9.72 Å². The molecule has 0 aliphatic rings. The van der Waals surface area contributed by atoms with E-state index in [1.165, 1.54) is 0 Å². The van der Waals surface area contributed by atoms with Gasteiger partial charge in [0, 0.05) is 0 Å². The third-order valence-electron chi connectivity index (χ3n) is 2.88. The highest BCUT2D eigenvalue weighted by Gasteiger charge is 2.12. The van der Waals surface area contributed by atoms with Crippen LogP contribution in [0.1, 0.15) is 18.2 Å². The van der Waals surface area contributed by atoms with Gasteiger partial charge in [-0.15, -0.1) is 0 Å². The van der Waals surface area contributed by atoms with E-state index in [2.05, 4.69) is 9.97 Å². The monoisotopic (exact) mass is 370 g/mol. The van der Waals surface area contributed by atoms with Gasteiger partial charge in [0.05, 0.1) is 21.9 Å². The second kappa shape index (κ2) is 5.73. The summed E-state index contributed by atoms with van der Waals surface area (Å²) in [5.41, 5.74) is 2.60. The molecule has 0 radical (unpaired) electrons. The molecular formula is C14H15IN2O2. The van der Waals surface area contributed by atoms with Crippen molar-refractivity contribution in [3.05, 3.63) is 43.4 Å². The zero-order valence-electron chi connectivity index (χ0n) is 11.1. The van der Waals surface area contributed by atoms with Crippen molar-refractivity contribution in [2.45, 2.75) is 20.3 Å². The molecule has 5 heteroatoms. The lowest BCUT2D eigenvalue weighted by Crippen LogP contribution is -2.16. The fourth-order valence-corrected chi connectivity index (χ4v) is 2.50. The molecule has 0 aliphatic heterocycles. The van der Waals surface area contributed by atoms with Crippen LogP contribution in [0, 0.1) is 10.5 Å². The van der Waals surface area contributed by atoms with E-state index in [1.807, 2.05) is 54.6 Å². The number of hydrogen-bond donors (Lipinski definition) is 1. The van der Waals surface area contributed by atoms with E-state index in [9.17, 15) is 4.79 Å². The molecular weight excluding hydrogens is 355 g/mol. The van der Waals surface area contributed by atoms with Gasteiger partial charge in [-0.25, -0.2) is 4.98 Å². The van der Waals surface area contributed by atoms with Crippen LogP contribution in [0.25, 0.3) is 11.4 Å². The number of methoxy groups -OCH3 is 1. The molecule has 1 N–H and O–H groups in total. The van der Waals surface area contributed by atoms with Crippen LogP contribution >= 0.6 is 22.6 Å². The number of aromatic nitrogens is 2. The van der Waals surface area contributed by atoms with E-state index in [1.54, 1.807) is 7.11 Å². The number of nitrogens with one attached hydrogen (secondary N) is 1. The number of hydrogen-bond acceptors (Lipinski definition) is 3. The summed E-state index contributed by atoms with van der Waals surface area (Å²) in [5, 5.41) is 0. The lowest BCUT2D eigenvalue weighted by atomic mass is 10.1. The van der Waals surface area contributed by atoms with Crippen molar-refractivity contribution in [3.63, 3.8) is 0 Å². The molecule has 0 aliphatic carbocycles. The molecule has 1 aromatic carbocycles. The minimum Gasteiger partial charge on any atom is -0.496 e. The molecule has 0 bridgehead atoms. The van der Waals surface area contributed by atoms with Gasteiger partial charge in [0.25, 0.3) is 5.56 Å². The standard InChI is InChI=1S/C14H15IN2O2/c1-4-10-12(15)14(18)17-13(16-10)9-6-5-8(2)7-11(9)19-3/h5-7H,4H2,1-3H3,(H,16,17,18). The number of aryl methyl sites for hydroxylation is 2. The summed E-state index contributed by atoms with van der Waals surface area (Å²) in [4.78, 5) is 19.2. The molecule has 4 nitrogen and oxygen atoms in total. The quantitative estimate of drug-likeness (QED) is 0.846. The highest BCUT2D eigenvalue weighted by atomic mass is 127. The third kappa shape index (κ3) is 2.80. The minimum absolute atomic E-state index is 0.106. The van der Waals surface area contributed by atoms with E-state index in [4.69, 9.17) is 4.74 Å². The number of H-pyrrole nitrogens is 1. The maximum Gasteiger partial charge on any atom is 0.264 e. The second-order valence-corrected chi connectivity index (χ2v) is 5.31. The van der Waals surface area contributed by atoms with E-state index in [0.29, 0.717) is 15.1 Å². The highest BCUT2D eigenvalue weighted by Crippen LogP contribution is 2.28. The van der Waals surface area contributed by atoms with Crippen molar-refractivity contribution in [1.29, 1.82) is 0 Å². The summed E-state index contributed by atoms with van der Waals surface area (Å²) < 4.78 is 6.01. The molecule has 0 atom stereocenters. The van der Waals surface area contributed by atoms with Crippen molar-refractivity contribution in [2.75, 3.05) is 7.11 Å². The van der Waals surface area contributed by atoms with Gasteiger partial charge in [-0.3, -0.25) is 4.79 Å². The maximum atomic E-state index is 11.9. The number of halogens is 1. The molecule has 1 aromatic heterocycles. The van der Waals surface area contributed by atoms with Crippen LogP contribution in [0.15, 0.2) is 23.0 Å². The number of ether oxygens (including phenoxy) is 1. The summed E-state index contributed by atoms with van der Waals surface area (Å²) in [6.07, 6.45) is 0.726. The first-order valence-corrected chi connectivity index (χ1v) is 7.08. The normalized spacial score (nSPS) is 10.5. The number of benzene rings is 1. The largest absolute Gasteiger partial charge is 0.496 e. The molecule has 0 amide bonds. The predicted octanol–water partition coefficient (Wildman–Crippen LogP) is 2.92. The van der Waals surface area contributed by atoms with E-state index < -0.39 is 0 Å². The average molecular weight is 370 g/mol. The van der Waals surface area contributed by atoms with Crippen LogP contribution in [0.2, 0.25) is 0 Å². The lowest BCUT2D eigenvalue weighted by Gasteiger charge is -2.10. The molecule has 0 saturated carbocycles. The Morgan fingerprint density at radius 3 is 2.79 bits per heavy atom. The summed E-state index contributed by atoms with van der Waals surface area (Å²) in [6, 6.07) is 5.82. The first kappa shape index (κ1) is 14.0. The smallest absolute Gasteiger partial charge is 0.264 e. The zero-order valence-corrected chi connectivity index (χ0v) is 13.2. The van der Waals surface area contributed by atoms with E-state index in [0.717, 1.165) is 23.2 Å². The topological polar surface area (TPSA) is 55.0 Å². The van der Waals surface area contributed by atoms with Crippen LogP contribution in [0.5, 0.6) is 5.75 Å². The van der Waals surface area contributed by atoms with Crippen LogP contribution in [-0.2, 0) is 6.42 Å². The summed E-state index contributed by atoms with van der Waals surface area (Å²) >= 11 is 2.03. The molecule has 0 spiro atoms. The van der Waals surface area contributed by atoms with Gasteiger partial charge in [0.2, 0.25) is 0 Å². The van der Waals surface area contributed by atoms with Crippen LogP contribution < -0.4 is 10.3 Å². The summed E-state index contributed by atoms with van der Waals surface area (Å²) in [7, 11) is 1.61. The van der Waals surface area contributed by atoms with Crippen LogP contribution in [0.4, 0.5) is 0 Å². The molecule has 2 rings (SSSR count). The van der Waals surface area contributed by atoms with Crippen molar-refractivity contribution >= 4 is 22.6 Å². The minimum atomic E-state index is -0.106. The first-order valence-electron chi connectivity index (χ1n) is 6.00. The third-order valence-corrected chi connectivity index (χ3v) is 3.99. The fraction of sp³-hybridized carbons (Fsp3) is 0.286. The Morgan fingerprint density at radius 1 is 1.42 bits per heavy atom. The van der Waals surface area contributed by atoms with Crippen LogP contribution in [0.3, 0.4) is 0 Å². The van der Waals surface area contributed by atoms with Crippen molar-refractivity contribution in [2.24, 2.45) is 0 Å². The van der Waals surface area contributed by atoms with Crippen molar-refractivity contribution in [3.8, 4) is 17.1 Å². The predicted molar refractivity (Wildman–Crippen MR) is 83.7 cm³/mol. The fourth-order valence-electron chi connectivity index (χ4n) is 1.86. The number of nitrogens with zero attached hydrogens (tertiary/aromatic N) is 1. The molecule has 0 unspecified atom stereocenters. The van der Waals surface area contributed by atoms with Gasteiger partial charge in [-0.05, 0) is 53.6 Å². The number of aromatic amines is 1. The second-order valence-electron chi connectivity index (χ2n) is 4.23. The zero-order chi connectivity index (χ0) is 14.0. The SMILES string of the molecule is CCc1nc(-c2ccc(C)cc2OC)[nH]c(=O)c1I. The van der Waals surface area contributed by atoms with Gasteiger partial charge in [0.15, 0.2) is 0 Å². The Morgan fingerprint density at radius 2 is 2.16 bits per heavy atom. The van der Waals surface area contributed by atoms with Gasteiger partial charge >= 0.3 is 0 Å². The molecule has 1 heterocycles. The molecule has 0 saturated heterocycles. The number of rotatable bonds is 3. The molecule has 19 heavy (non-hydrogen) atoms. The summed E-state index contributed by atoms with van der Waals surface area (Å²) in [6.45, 7) is 3.98. The Bertz CT molecular complexity index is 665. The lowest BCUT2D eigenvalue weighted by molar-refractivity contribution is 0.416. The molecule has 2 aromatic rings. The van der Waals surface area contributed by atoms with Gasteiger partial charge in [0.1, 0.15) is 11.6 Å². The van der Waals surface area contributed by atoms with E-state index in [-0.39, 0.29) is 5.56 Å². The van der Waals surface area contributed by atoms with Gasteiger partial charge in [-0.1, -0.05) is 13.0 Å². The maximum absolute atomic E-state index is 11.9. The Hall–Kier alpha value is -1.37. The Labute approximate surface area is 125 Å². The van der Waals surface area contributed by atoms with E-state index >= 15 is 0 Å². The first-order chi connectivity index (χ1) is 9.06.